The first kappa shape index (κ1) is 20.7. The summed E-state index contributed by atoms with van der Waals surface area (Å²) >= 11 is 6.19. The van der Waals surface area contributed by atoms with Gasteiger partial charge in [-0.2, -0.15) is 0 Å². The van der Waals surface area contributed by atoms with E-state index in [2.05, 4.69) is 10.6 Å². The molecule has 0 heterocycles. The van der Waals surface area contributed by atoms with Crippen molar-refractivity contribution in [1.82, 2.24) is 0 Å². The van der Waals surface area contributed by atoms with Gasteiger partial charge in [0.25, 0.3) is 0 Å². The molecular weight excluding hydrogens is 384 g/mol. The van der Waals surface area contributed by atoms with E-state index in [0.29, 0.717) is 18.2 Å². The fourth-order valence-electron chi connectivity index (χ4n) is 2.72. The highest BCUT2D eigenvalue weighted by molar-refractivity contribution is 6.30. The van der Waals surface area contributed by atoms with Crippen LogP contribution < -0.4 is 15.4 Å². The maximum Gasteiger partial charge on any atom is 0.226 e. The number of anilines is 2. The molecule has 1 amide bonds. The van der Waals surface area contributed by atoms with E-state index < -0.39 is 0 Å². The number of amides is 1. The molecule has 2 N–H and O–H groups in total. The zero-order valence-corrected chi connectivity index (χ0v) is 17.4. The fraction of sp³-hybridized carbons (Fsp3) is 0.208. The smallest absolute Gasteiger partial charge is 0.226 e. The van der Waals surface area contributed by atoms with Crippen LogP contribution in [-0.4, -0.2) is 5.91 Å². The minimum absolute atomic E-state index is 0.00448. The Balaban J connectivity index is 1.62. The van der Waals surface area contributed by atoms with Crippen LogP contribution in [0, 0.1) is 5.92 Å². The van der Waals surface area contributed by atoms with E-state index >= 15 is 0 Å². The van der Waals surface area contributed by atoms with Crippen LogP contribution in [0.2, 0.25) is 5.02 Å². The first-order chi connectivity index (χ1) is 14.0. The van der Waals surface area contributed by atoms with E-state index in [4.69, 9.17) is 16.3 Å². The van der Waals surface area contributed by atoms with E-state index in [-0.39, 0.29) is 11.8 Å². The lowest BCUT2D eigenvalue weighted by Crippen LogP contribution is -2.17. The Morgan fingerprint density at radius 3 is 2.34 bits per heavy atom. The topological polar surface area (TPSA) is 50.4 Å². The van der Waals surface area contributed by atoms with Gasteiger partial charge < -0.3 is 15.4 Å². The molecule has 0 spiro atoms. The number of hydrogen-bond donors (Lipinski definition) is 2. The molecule has 0 aliphatic heterocycles. The van der Waals surface area contributed by atoms with Crippen LogP contribution in [0.4, 0.5) is 11.4 Å². The van der Waals surface area contributed by atoms with Crippen LogP contribution in [0.5, 0.6) is 5.75 Å². The Kier molecular flexibility index (Phi) is 7.14. The Labute approximate surface area is 176 Å². The van der Waals surface area contributed by atoms with Gasteiger partial charge in [0.15, 0.2) is 0 Å². The highest BCUT2D eigenvalue weighted by Gasteiger charge is 2.08. The normalized spacial score (nSPS) is 10.6. The van der Waals surface area contributed by atoms with Gasteiger partial charge >= 0.3 is 0 Å². The van der Waals surface area contributed by atoms with Gasteiger partial charge in [-0.25, -0.2) is 0 Å². The molecule has 29 heavy (non-hydrogen) atoms. The van der Waals surface area contributed by atoms with Crippen LogP contribution in [-0.2, 0) is 17.9 Å². The van der Waals surface area contributed by atoms with Crippen molar-refractivity contribution in [2.24, 2.45) is 5.92 Å². The molecular formula is C24H25ClN2O2. The second kappa shape index (κ2) is 9.99. The average molecular weight is 409 g/mol. The second-order valence-electron chi connectivity index (χ2n) is 7.10. The van der Waals surface area contributed by atoms with Gasteiger partial charge in [-0.1, -0.05) is 55.8 Å². The zero-order chi connectivity index (χ0) is 20.6. The number of ether oxygens (including phenoxy) is 1. The number of carbonyl (C=O) groups is 1. The van der Waals surface area contributed by atoms with Crippen molar-refractivity contribution in [2.45, 2.75) is 27.0 Å². The fourth-order valence-corrected chi connectivity index (χ4v) is 2.91. The summed E-state index contributed by atoms with van der Waals surface area (Å²) in [4.78, 5) is 11.8. The minimum atomic E-state index is -0.0510. The lowest BCUT2D eigenvalue weighted by atomic mass is 10.1. The molecule has 5 heteroatoms. The summed E-state index contributed by atoms with van der Waals surface area (Å²) < 4.78 is 6.01. The number of nitrogens with one attached hydrogen (secondary N) is 2. The molecule has 0 aliphatic rings. The molecule has 0 aliphatic carbocycles. The van der Waals surface area contributed by atoms with Crippen molar-refractivity contribution in [2.75, 3.05) is 10.6 Å². The van der Waals surface area contributed by atoms with Crippen LogP contribution in [0.1, 0.15) is 25.0 Å². The van der Waals surface area contributed by atoms with Gasteiger partial charge in [0, 0.05) is 34.4 Å². The molecule has 0 saturated heterocycles. The third-order valence-corrected chi connectivity index (χ3v) is 4.65. The largest absolute Gasteiger partial charge is 0.489 e. The monoisotopic (exact) mass is 408 g/mol. The van der Waals surface area contributed by atoms with Crippen LogP contribution in [0.3, 0.4) is 0 Å². The molecule has 0 saturated carbocycles. The molecule has 150 valence electrons. The van der Waals surface area contributed by atoms with Gasteiger partial charge in [-0.15, -0.1) is 0 Å². The summed E-state index contributed by atoms with van der Waals surface area (Å²) in [6.45, 7) is 4.81. The van der Waals surface area contributed by atoms with E-state index in [9.17, 15) is 4.79 Å². The van der Waals surface area contributed by atoms with Crippen LogP contribution in [0.15, 0.2) is 72.8 Å². The molecule has 0 radical (unpaired) electrons. The SMILES string of the molecule is CC(C)C(=O)Nc1ccc(NCc2cc(Cl)ccc2OCc2ccccc2)cc1. The van der Waals surface area contributed by atoms with Crippen molar-refractivity contribution in [3.63, 3.8) is 0 Å². The summed E-state index contributed by atoms with van der Waals surface area (Å²) in [6.07, 6.45) is 0. The third-order valence-electron chi connectivity index (χ3n) is 4.42. The summed E-state index contributed by atoms with van der Waals surface area (Å²) in [5, 5.41) is 6.93. The standard InChI is InChI=1S/C24H25ClN2O2/c1-17(2)24(28)27-22-11-9-21(10-12-22)26-15-19-14-20(25)8-13-23(19)29-16-18-6-4-3-5-7-18/h3-14,17,26H,15-16H2,1-2H3,(H,27,28). The predicted octanol–water partition coefficient (Wildman–Crippen LogP) is 6.13. The average Bonchev–Trinajstić information content (AvgIpc) is 2.73. The predicted molar refractivity (Wildman–Crippen MR) is 119 cm³/mol. The van der Waals surface area contributed by atoms with E-state index in [1.54, 1.807) is 0 Å². The highest BCUT2D eigenvalue weighted by atomic mass is 35.5. The molecule has 3 aromatic carbocycles. The molecule has 4 nitrogen and oxygen atoms in total. The van der Waals surface area contributed by atoms with Gasteiger partial charge in [0.1, 0.15) is 12.4 Å². The molecule has 3 aromatic rings. The van der Waals surface area contributed by atoms with Gasteiger partial charge in [-0.3, -0.25) is 4.79 Å². The van der Waals surface area contributed by atoms with E-state index in [0.717, 1.165) is 28.3 Å². The summed E-state index contributed by atoms with van der Waals surface area (Å²) in [7, 11) is 0. The first-order valence-electron chi connectivity index (χ1n) is 9.61. The van der Waals surface area contributed by atoms with Crippen molar-refractivity contribution in [3.8, 4) is 5.75 Å². The summed E-state index contributed by atoms with van der Waals surface area (Å²) in [5.74, 6) is 0.751. The second-order valence-corrected chi connectivity index (χ2v) is 7.54. The lowest BCUT2D eigenvalue weighted by Gasteiger charge is -2.14. The lowest BCUT2D eigenvalue weighted by molar-refractivity contribution is -0.118. The number of halogens is 1. The molecule has 0 unspecified atom stereocenters. The van der Waals surface area contributed by atoms with Crippen LogP contribution in [0.25, 0.3) is 0 Å². The first-order valence-corrected chi connectivity index (χ1v) is 9.99. The molecule has 0 atom stereocenters. The van der Waals surface area contributed by atoms with Crippen molar-refractivity contribution in [1.29, 1.82) is 0 Å². The van der Waals surface area contributed by atoms with Crippen molar-refractivity contribution >= 4 is 28.9 Å². The number of rotatable bonds is 8. The minimum Gasteiger partial charge on any atom is -0.489 e. The number of carbonyl (C=O) groups excluding carboxylic acids is 1. The summed E-state index contributed by atoms with van der Waals surface area (Å²) in [5.41, 5.74) is 3.82. The number of hydrogen-bond acceptors (Lipinski definition) is 3. The Bertz CT molecular complexity index is 941. The third kappa shape index (κ3) is 6.26. The van der Waals surface area contributed by atoms with Crippen LogP contribution >= 0.6 is 11.6 Å². The Morgan fingerprint density at radius 2 is 1.66 bits per heavy atom. The van der Waals surface area contributed by atoms with Crippen molar-refractivity contribution < 1.29 is 9.53 Å². The Morgan fingerprint density at radius 1 is 0.966 bits per heavy atom. The maximum absolute atomic E-state index is 11.8. The van der Waals surface area contributed by atoms with E-state index in [1.165, 1.54) is 0 Å². The maximum atomic E-state index is 11.8. The molecule has 3 rings (SSSR count). The molecule has 0 bridgehead atoms. The number of benzene rings is 3. The molecule has 0 fully saturated rings. The quantitative estimate of drug-likeness (QED) is 0.471. The highest BCUT2D eigenvalue weighted by Crippen LogP contribution is 2.25. The van der Waals surface area contributed by atoms with Gasteiger partial charge in [0.2, 0.25) is 5.91 Å². The van der Waals surface area contributed by atoms with Crippen molar-refractivity contribution in [3.05, 3.63) is 88.9 Å². The zero-order valence-electron chi connectivity index (χ0n) is 16.6. The van der Waals surface area contributed by atoms with E-state index in [1.807, 2.05) is 86.6 Å². The summed E-state index contributed by atoms with van der Waals surface area (Å²) in [6, 6.07) is 23.3. The molecule has 0 aromatic heterocycles. The van der Waals surface area contributed by atoms with Gasteiger partial charge in [-0.05, 0) is 48.0 Å². The van der Waals surface area contributed by atoms with Gasteiger partial charge in [0.05, 0.1) is 0 Å². The Hall–Kier alpha value is -2.98.